The summed E-state index contributed by atoms with van der Waals surface area (Å²) in [4.78, 5) is 13.5. The molecule has 8 heteroatoms. The summed E-state index contributed by atoms with van der Waals surface area (Å²) in [6.07, 6.45) is 0.543. The molecule has 0 fully saturated rings. The first-order chi connectivity index (χ1) is 14.9. The minimum Gasteiger partial charge on any atom is -0.467 e. The average molecular weight is 486 g/mol. The van der Waals surface area contributed by atoms with Crippen molar-refractivity contribution < 1.29 is 9.53 Å². The Hall–Kier alpha value is -1.63. The van der Waals surface area contributed by atoms with Crippen molar-refractivity contribution in [1.29, 1.82) is 0 Å². The van der Waals surface area contributed by atoms with Crippen molar-refractivity contribution in [3.8, 4) is 0 Å². The quantitative estimate of drug-likeness (QED) is 0.409. The van der Waals surface area contributed by atoms with Crippen LogP contribution in [0, 0.1) is 0 Å². The van der Waals surface area contributed by atoms with Gasteiger partial charge in [0.05, 0.1) is 24.4 Å². The van der Waals surface area contributed by atoms with Crippen molar-refractivity contribution in [3.63, 3.8) is 0 Å². The third-order valence-electron chi connectivity index (χ3n) is 5.78. The molecule has 160 valence electrons. The second kappa shape index (κ2) is 9.08. The van der Waals surface area contributed by atoms with Crippen molar-refractivity contribution in [2.45, 2.75) is 24.8 Å². The molecule has 1 aliphatic rings. The Balaban J connectivity index is 2.00. The number of methoxy groups -OCH3 is 1. The Bertz CT molecular complexity index is 1130. The first-order valence-electron chi connectivity index (χ1n) is 9.92. The van der Waals surface area contributed by atoms with E-state index in [1.165, 1.54) is 7.11 Å². The Morgan fingerprint density at radius 1 is 1.13 bits per heavy atom. The van der Waals surface area contributed by atoms with Crippen molar-refractivity contribution in [2.75, 3.05) is 12.1 Å². The highest BCUT2D eigenvalue weighted by atomic mass is 32.1. The molecule has 4 rings (SSSR count). The van der Waals surface area contributed by atoms with Gasteiger partial charge in [-0.1, -0.05) is 37.3 Å². The molecule has 0 spiro atoms. The molecule has 2 heterocycles. The number of anilines is 1. The fourth-order valence-corrected chi connectivity index (χ4v) is 6.03. The minimum atomic E-state index is -0.988. The molecule has 1 aliphatic heterocycles. The second-order valence-electron chi connectivity index (χ2n) is 7.50. The van der Waals surface area contributed by atoms with E-state index in [0.29, 0.717) is 6.42 Å². The van der Waals surface area contributed by atoms with E-state index in [0.717, 1.165) is 38.4 Å². The predicted octanol–water partition coefficient (Wildman–Crippen LogP) is 3.58. The maximum atomic E-state index is 13.5. The average Bonchev–Trinajstić information content (AvgIpc) is 3.40. The lowest BCUT2D eigenvalue weighted by atomic mass is 9.74. The molecule has 0 aliphatic carbocycles. The van der Waals surface area contributed by atoms with Crippen molar-refractivity contribution in [3.05, 3.63) is 70.4 Å². The van der Waals surface area contributed by atoms with E-state index in [4.69, 9.17) is 9.84 Å². The van der Waals surface area contributed by atoms with Gasteiger partial charge in [0.25, 0.3) is 0 Å². The number of carbonyl (C=O) groups is 1. The third kappa shape index (κ3) is 3.87. The van der Waals surface area contributed by atoms with E-state index < -0.39 is 5.54 Å². The van der Waals surface area contributed by atoms with Crippen LogP contribution in [0.2, 0.25) is 0 Å². The number of carbonyl (C=O) groups excluding carboxylic acids is 1. The number of benzene rings is 2. The van der Waals surface area contributed by atoms with Crippen LogP contribution in [0.4, 0.5) is 5.69 Å². The van der Waals surface area contributed by atoms with Crippen LogP contribution in [0.15, 0.2) is 64.4 Å². The van der Waals surface area contributed by atoms with E-state index in [1.807, 2.05) is 41.6 Å². The summed E-state index contributed by atoms with van der Waals surface area (Å²) >= 11 is 1.62. The number of ether oxygens (including phenoxy) is 1. The zero-order valence-corrected chi connectivity index (χ0v) is 21.7. The van der Waals surface area contributed by atoms with Gasteiger partial charge in [-0.05, 0) is 62.4 Å². The van der Waals surface area contributed by atoms with Gasteiger partial charge in [0.15, 0.2) is 5.54 Å². The maximum Gasteiger partial charge on any atom is 0.334 e. The summed E-state index contributed by atoms with van der Waals surface area (Å²) in [6, 6.07) is 16.4. The molecule has 0 saturated heterocycles. The number of hydrazone groups is 1. The highest BCUT2D eigenvalue weighted by Crippen LogP contribution is 2.47. The summed E-state index contributed by atoms with van der Waals surface area (Å²) in [5.41, 5.74) is 2.83. The number of hydrogen-bond donors (Lipinski definition) is 0. The van der Waals surface area contributed by atoms with Gasteiger partial charge < -0.3 is 4.74 Å². The number of nitrogens with zero attached hydrogens (tertiary/aromatic N) is 2. The number of hydrogen-bond acceptors (Lipinski definition) is 5. The molecular weight excluding hydrogens is 461 g/mol. The number of rotatable bonds is 5. The highest BCUT2D eigenvalue weighted by Gasteiger charge is 2.58. The van der Waals surface area contributed by atoms with E-state index in [1.54, 1.807) is 11.3 Å². The summed E-state index contributed by atoms with van der Waals surface area (Å²) in [6.45, 7) is 2.03. The topological polar surface area (TPSA) is 41.9 Å². The molecule has 3 aromatic rings. The summed E-state index contributed by atoms with van der Waals surface area (Å²) in [7, 11) is 9.66. The molecule has 1 aromatic heterocycles. The van der Waals surface area contributed by atoms with Gasteiger partial charge >= 0.3 is 5.97 Å². The molecule has 0 bridgehead atoms. The Morgan fingerprint density at radius 2 is 1.84 bits per heavy atom. The Labute approximate surface area is 194 Å². The largest absolute Gasteiger partial charge is 0.467 e. The van der Waals surface area contributed by atoms with Crippen LogP contribution in [0.3, 0.4) is 0 Å². The van der Waals surface area contributed by atoms with Crippen LogP contribution in [0.25, 0.3) is 0 Å². The lowest BCUT2D eigenvalue weighted by Gasteiger charge is -2.39. The molecule has 0 amide bonds. The first kappa shape index (κ1) is 22.6. The molecule has 5 atom stereocenters. The maximum absolute atomic E-state index is 13.5. The third-order valence-corrected chi connectivity index (χ3v) is 7.69. The Kier molecular flexibility index (Phi) is 6.61. The zero-order chi connectivity index (χ0) is 22.2. The summed E-state index contributed by atoms with van der Waals surface area (Å²) in [5, 5.41) is 14.3. The van der Waals surface area contributed by atoms with Crippen LogP contribution in [-0.2, 0) is 9.53 Å². The minimum absolute atomic E-state index is 0.258. The number of esters is 1. The van der Waals surface area contributed by atoms with Gasteiger partial charge in [-0.2, -0.15) is 16.4 Å². The fraction of sp³-hybridized carbons (Fsp3) is 0.217. The standard InChI is InChI=1S/C23H25N2O2P3S/c1-3-23(22(26)27-2)20(15-10-11-31-13-15)21(14-4-6-16(28)7-5-14)24-25(23)18-9-8-17(29)12-19(18)30/h4-13,20H,3,28-30H2,1-2H3. The van der Waals surface area contributed by atoms with Gasteiger partial charge in [0.1, 0.15) is 0 Å². The van der Waals surface area contributed by atoms with E-state index in [-0.39, 0.29) is 11.9 Å². The molecule has 0 saturated carbocycles. The smallest absolute Gasteiger partial charge is 0.334 e. The highest BCUT2D eigenvalue weighted by molar-refractivity contribution is 7.29. The van der Waals surface area contributed by atoms with E-state index in [9.17, 15) is 4.79 Å². The van der Waals surface area contributed by atoms with Crippen LogP contribution in [0.5, 0.6) is 0 Å². The molecule has 0 radical (unpaired) electrons. The molecule has 31 heavy (non-hydrogen) atoms. The Morgan fingerprint density at radius 3 is 2.42 bits per heavy atom. The van der Waals surface area contributed by atoms with Gasteiger partial charge in [0, 0.05) is 0 Å². The lowest BCUT2D eigenvalue weighted by Crippen LogP contribution is -2.55. The van der Waals surface area contributed by atoms with E-state index in [2.05, 4.69) is 57.4 Å². The van der Waals surface area contributed by atoms with Gasteiger partial charge in [-0.15, -0.1) is 27.7 Å². The van der Waals surface area contributed by atoms with Crippen molar-refractivity contribution >= 4 is 72.3 Å². The lowest BCUT2D eigenvalue weighted by molar-refractivity contribution is -0.147. The first-order valence-corrected chi connectivity index (χ1v) is 12.6. The molecular formula is C23H25N2O2P3S. The number of thiophene rings is 1. The molecule has 4 nitrogen and oxygen atoms in total. The summed E-state index contributed by atoms with van der Waals surface area (Å²) < 4.78 is 5.41. The molecule has 0 N–H and O–H groups in total. The fourth-order valence-electron chi connectivity index (χ4n) is 4.27. The molecule has 5 unspecified atom stereocenters. The van der Waals surface area contributed by atoms with Gasteiger partial charge in [-0.25, -0.2) is 9.80 Å². The van der Waals surface area contributed by atoms with Crippen LogP contribution >= 0.6 is 39.1 Å². The van der Waals surface area contributed by atoms with E-state index >= 15 is 0 Å². The van der Waals surface area contributed by atoms with Crippen molar-refractivity contribution in [2.24, 2.45) is 5.10 Å². The monoisotopic (exact) mass is 486 g/mol. The van der Waals surface area contributed by atoms with Crippen LogP contribution < -0.4 is 20.9 Å². The summed E-state index contributed by atoms with van der Waals surface area (Å²) in [5.74, 6) is -0.543. The normalized spacial score (nSPS) is 20.6. The zero-order valence-electron chi connectivity index (χ0n) is 17.4. The van der Waals surface area contributed by atoms with Gasteiger partial charge in [-0.3, -0.25) is 0 Å². The second-order valence-corrected chi connectivity index (χ2v) is 10.2. The SMILES string of the molecule is CCC1(C(=O)OC)C(c2ccsc2)C(c2ccc(P)cc2)=NN1c1ccc(P)cc1P. The van der Waals surface area contributed by atoms with Crippen molar-refractivity contribution in [1.82, 2.24) is 0 Å². The van der Waals surface area contributed by atoms with Gasteiger partial charge in [0.2, 0.25) is 0 Å². The predicted molar refractivity (Wildman–Crippen MR) is 142 cm³/mol. The van der Waals surface area contributed by atoms with Crippen LogP contribution in [-0.4, -0.2) is 24.3 Å². The van der Waals surface area contributed by atoms with Crippen LogP contribution in [0.1, 0.15) is 30.4 Å². The molecule has 2 aromatic carbocycles.